The zero-order chi connectivity index (χ0) is 20.7. The molecule has 5 nitrogen and oxygen atoms in total. The van der Waals surface area contributed by atoms with Crippen molar-refractivity contribution in [3.63, 3.8) is 0 Å². The van der Waals surface area contributed by atoms with Gasteiger partial charge in [-0.15, -0.1) is 0 Å². The molecule has 0 aliphatic carbocycles. The van der Waals surface area contributed by atoms with Crippen LogP contribution in [0.4, 0.5) is 0 Å². The minimum atomic E-state index is -0.622. The van der Waals surface area contributed by atoms with Gasteiger partial charge < -0.3 is 24.4 Å². The smallest absolute Gasteiger partial charge is 0.103 e. The maximum Gasteiger partial charge on any atom is 0.103 e. The minimum Gasteiger partial charge on any atom is -0.394 e. The van der Waals surface area contributed by atoms with Gasteiger partial charge in [0.25, 0.3) is 0 Å². The number of hydrogen-bond acceptors (Lipinski definition) is 5. The fourth-order valence-electron chi connectivity index (χ4n) is 3.20. The summed E-state index contributed by atoms with van der Waals surface area (Å²) in [7, 11) is 1.53. The van der Waals surface area contributed by atoms with Crippen molar-refractivity contribution >= 4 is 0 Å². The van der Waals surface area contributed by atoms with Crippen LogP contribution in [0, 0.1) is 0 Å². The highest BCUT2D eigenvalue weighted by atomic mass is 16.5. The Morgan fingerprint density at radius 1 is 0.643 bits per heavy atom. The molecule has 2 N–H and O–H groups in total. The number of methoxy groups -OCH3 is 1. The SMILES string of the molecule is CCCCCCCCCCCCCCCCOCC(O)COCC(CO)OC. The summed E-state index contributed by atoms with van der Waals surface area (Å²) in [6.45, 7) is 3.68. The summed E-state index contributed by atoms with van der Waals surface area (Å²) in [5, 5.41) is 18.7. The second-order valence-electron chi connectivity index (χ2n) is 7.90. The summed E-state index contributed by atoms with van der Waals surface area (Å²) in [5.74, 6) is 0. The fourth-order valence-corrected chi connectivity index (χ4v) is 3.20. The van der Waals surface area contributed by atoms with Gasteiger partial charge in [-0.25, -0.2) is 0 Å². The molecule has 2 unspecified atom stereocenters. The van der Waals surface area contributed by atoms with Crippen molar-refractivity contribution < 1.29 is 24.4 Å². The molecule has 0 bridgehead atoms. The molecule has 28 heavy (non-hydrogen) atoms. The molecular formula is C23H48O5. The molecule has 0 radical (unpaired) electrons. The maximum absolute atomic E-state index is 9.77. The van der Waals surface area contributed by atoms with Crippen molar-refractivity contribution in [3.05, 3.63) is 0 Å². The molecule has 5 heteroatoms. The van der Waals surface area contributed by atoms with Crippen molar-refractivity contribution in [1.29, 1.82) is 0 Å². The predicted molar refractivity (Wildman–Crippen MR) is 116 cm³/mol. The molecule has 170 valence electrons. The molecule has 0 aromatic heterocycles. The molecule has 2 atom stereocenters. The van der Waals surface area contributed by atoms with Crippen LogP contribution in [0.1, 0.15) is 96.8 Å². The number of hydrogen-bond donors (Lipinski definition) is 2. The van der Waals surface area contributed by atoms with E-state index in [4.69, 9.17) is 19.3 Å². The van der Waals surface area contributed by atoms with E-state index in [9.17, 15) is 5.11 Å². The van der Waals surface area contributed by atoms with Gasteiger partial charge in [0.1, 0.15) is 12.2 Å². The van der Waals surface area contributed by atoms with Crippen molar-refractivity contribution in [2.45, 2.75) is 109 Å². The number of rotatable bonds is 23. The standard InChI is InChI=1S/C23H48O5/c1-3-4-5-6-7-8-9-10-11-12-13-14-15-16-17-27-19-22(25)20-28-21-23(18-24)26-2/h22-25H,3-21H2,1-2H3. The Balaban J connectivity index is 3.17. The van der Waals surface area contributed by atoms with Crippen LogP contribution in [0.25, 0.3) is 0 Å². The summed E-state index contributed by atoms with van der Waals surface area (Å²) in [6.07, 6.45) is 17.9. The third kappa shape index (κ3) is 20.5. The lowest BCUT2D eigenvalue weighted by molar-refractivity contribution is -0.0586. The van der Waals surface area contributed by atoms with E-state index in [-0.39, 0.29) is 25.9 Å². The van der Waals surface area contributed by atoms with E-state index >= 15 is 0 Å². The third-order valence-electron chi connectivity index (χ3n) is 5.10. The number of ether oxygens (including phenoxy) is 3. The van der Waals surface area contributed by atoms with E-state index in [0.717, 1.165) is 6.42 Å². The van der Waals surface area contributed by atoms with Crippen LogP contribution >= 0.6 is 0 Å². The largest absolute Gasteiger partial charge is 0.394 e. The number of unbranched alkanes of at least 4 members (excludes halogenated alkanes) is 13. The van der Waals surface area contributed by atoms with Crippen molar-refractivity contribution in [1.82, 2.24) is 0 Å². The van der Waals surface area contributed by atoms with Crippen LogP contribution in [0.5, 0.6) is 0 Å². The van der Waals surface area contributed by atoms with Crippen molar-refractivity contribution in [2.75, 3.05) is 40.1 Å². The first-order valence-electron chi connectivity index (χ1n) is 11.7. The maximum atomic E-state index is 9.77. The monoisotopic (exact) mass is 404 g/mol. The van der Waals surface area contributed by atoms with Crippen molar-refractivity contribution in [2.24, 2.45) is 0 Å². The third-order valence-corrected chi connectivity index (χ3v) is 5.10. The van der Waals surface area contributed by atoms with Gasteiger partial charge in [-0.2, -0.15) is 0 Å². The summed E-state index contributed by atoms with van der Waals surface area (Å²) < 4.78 is 15.8. The van der Waals surface area contributed by atoms with Gasteiger partial charge in [-0.3, -0.25) is 0 Å². The van der Waals surface area contributed by atoms with E-state index in [1.807, 2.05) is 0 Å². The van der Waals surface area contributed by atoms with Crippen LogP contribution in [0.3, 0.4) is 0 Å². The van der Waals surface area contributed by atoms with Gasteiger partial charge in [-0.05, 0) is 6.42 Å². The predicted octanol–water partition coefficient (Wildman–Crippen LogP) is 4.87. The van der Waals surface area contributed by atoms with Crippen LogP contribution < -0.4 is 0 Å². The van der Waals surface area contributed by atoms with Gasteiger partial charge >= 0.3 is 0 Å². The Morgan fingerprint density at radius 3 is 1.57 bits per heavy atom. The van der Waals surface area contributed by atoms with Gasteiger partial charge in [0.15, 0.2) is 0 Å². The van der Waals surface area contributed by atoms with Crippen molar-refractivity contribution in [3.8, 4) is 0 Å². The highest BCUT2D eigenvalue weighted by Gasteiger charge is 2.09. The van der Waals surface area contributed by atoms with E-state index in [2.05, 4.69) is 6.92 Å². The van der Waals surface area contributed by atoms with E-state index in [1.54, 1.807) is 0 Å². The topological polar surface area (TPSA) is 68.2 Å². The molecule has 0 aliphatic rings. The molecule has 0 aromatic rings. The number of aliphatic hydroxyl groups excluding tert-OH is 2. The second-order valence-corrected chi connectivity index (χ2v) is 7.90. The Kier molecular flexibility index (Phi) is 22.9. The first-order chi connectivity index (χ1) is 13.7. The Morgan fingerprint density at radius 2 is 1.11 bits per heavy atom. The molecule has 0 saturated carbocycles. The Bertz CT molecular complexity index is 284. The summed E-state index contributed by atoms with van der Waals surface area (Å²) in [5.41, 5.74) is 0. The molecule has 0 fully saturated rings. The molecule has 0 spiro atoms. The lowest BCUT2D eigenvalue weighted by Gasteiger charge is -2.15. The summed E-state index contributed by atoms with van der Waals surface area (Å²) in [6, 6.07) is 0. The van der Waals surface area contributed by atoms with Crippen LogP contribution in [0.15, 0.2) is 0 Å². The van der Waals surface area contributed by atoms with Crippen LogP contribution in [-0.2, 0) is 14.2 Å². The highest BCUT2D eigenvalue weighted by molar-refractivity contribution is 4.56. The summed E-state index contributed by atoms with van der Waals surface area (Å²) in [4.78, 5) is 0. The molecule has 0 heterocycles. The van der Waals surface area contributed by atoms with Gasteiger partial charge in [0.2, 0.25) is 0 Å². The average molecular weight is 405 g/mol. The first-order valence-corrected chi connectivity index (χ1v) is 11.7. The average Bonchev–Trinajstić information content (AvgIpc) is 2.71. The molecule has 0 aromatic carbocycles. The second kappa shape index (κ2) is 23.1. The van der Waals surface area contributed by atoms with E-state index in [0.29, 0.717) is 13.2 Å². The minimum absolute atomic E-state index is 0.0811. The molecule has 0 rings (SSSR count). The Hall–Kier alpha value is -0.200. The molecule has 0 saturated heterocycles. The fraction of sp³-hybridized carbons (Fsp3) is 1.00. The zero-order valence-electron chi connectivity index (χ0n) is 18.7. The molecule has 0 amide bonds. The molecular weight excluding hydrogens is 356 g/mol. The lowest BCUT2D eigenvalue weighted by atomic mass is 10.0. The lowest BCUT2D eigenvalue weighted by Crippen LogP contribution is -2.27. The number of aliphatic hydroxyl groups is 2. The van der Waals surface area contributed by atoms with Gasteiger partial charge in [0, 0.05) is 13.7 Å². The van der Waals surface area contributed by atoms with E-state index in [1.165, 1.54) is 90.6 Å². The normalized spacial score (nSPS) is 13.7. The van der Waals surface area contributed by atoms with Gasteiger partial charge in [0.05, 0.1) is 26.4 Å². The summed E-state index contributed by atoms with van der Waals surface area (Å²) >= 11 is 0. The van der Waals surface area contributed by atoms with Crippen LogP contribution in [0.2, 0.25) is 0 Å². The van der Waals surface area contributed by atoms with Crippen LogP contribution in [-0.4, -0.2) is 62.6 Å². The van der Waals surface area contributed by atoms with E-state index < -0.39 is 6.10 Å². The first kappa shape index (κ1) is 27.8. The van der Waals surface area contributed by atoms with Gasteiger partial charge in [-0.1, -0.05) is 90.4 Å². The zero-order valence-corrected chi connectivity index (χ0v) is 18.7. The quantitative estimate of drug-likeness (QED) is 0.238. The molecule has 0 aliphatic heterocycles. The highest BCUT2D eigenvalue weighted by Crippen LogP contribution is 2.12. The Labute approximate surface area is 174 Å².